The van der Waals surface area contributed by atoms with Crippen LogP contribution < -0.4 is 22.3 Å². The molecule has 8 heteroatoms. The third-order valence-electron chi connectivity index (χ3n) is 3.24. The van der Waals surface area contributed by atoms with Crippen molar-refractivity contribution in [2.75, 3.05) is 11.1 Å². The summed E-state index contributed by atoms with van der Waals surface area (Å²) in [5.74, 6) is 0.369. The largest absolute Gasteiger partial charge is 0.399 e. The predicted octanol–water partition coefficient (Wildman–Crippen LogP) is 0.286. The van der Waals surface area contributed by atoms with Gasteiger partial charge in [-0.1, -0.05) is 6.07 Å². The molecule has 0 radical (unpaired) electrons. The Balaban J connectivity index is 2.14. The lowest BCUT2D eigenvalue weighted by Gasteiger charge is -2.02. The number of benzene rings is 1. The Morgan fingerprint density at radius 3 is 2.71 bits per heavy atom. The van der Waals surface area contributed by atoms with E-state index in [1.807, 2.05) is 6.07 Å². The number of nitrogens with two attached hydrogens (primary N) is 1. The van der Waals surface area contributed by atoms with Crippen molar-refractivity contribution in [1.82, 2.24) is 19.1 Å². The van der Waals surface area contributed by atoms with Gasteiger partial charge in [-0.2, -0.15) is 4.98 Å². The van der Waals surface area contributed by atoms with Gasteiger partial charge in [0.25, 0.3) is 5.56 Å². The van der Waals surface area contributed by atoms with Crippen molar-refractivity contribution in [1.29, 1.82) is 0 Å². The van der Waals surface area contributed by atoms with E-state index in [-0.39, 0.29) is 5.52 Å². The Hall–Kier alpha value is -3.03. The molecular formula is C13H14N6O2. The van der Waals surface area contributed by atoms with Crippen molar-refractivity contribution in [2.24, 2.45) is 14.1 Å². The molecule has 1 aromatic carbocycles. The smallest absolute Gasteiger partial charge is 0.332 e. The Morgan fingerprint density at radius 2 is 2.00 bits per heavy atom. The first-order chi connectivity index (χ1) is 9.97. The fraction of sp³-hybridized carbons (Fsp3) is 0.154. The minimum Gasteiger partial charge on any atom is -0.399 e. The zero-order valence-electron chi connectivity index (χ0n) is 11.5. The number of H-pyrrole nitrogens is 1. The monoisotopic (exact) mass is 286 g/mol. The highest BCUT2D eigenvalue weighted by Crippen LogP contribution is 2.17. The number of hydrogen-bond donors (Lipinski definition) is 3. The van der Waals surface area contributed by atoms with Gasteiger partial charge in [-0.25, -0.2) is 4.79 Å². The third kappa shape index (κ3) is 2.06. The van der Waals surface area contributed by atoms with Crippen molar-refractivity contribution >= 4 is 28.5 Å². The average Bonchev–Trinajstić information content (AvgIpc) is 2.87. The first-order valence-electron chi connectivity index (χ1n) is 6.25. The molecule has 0 aliphatic heterocycles. The highest BCUT2D eigenvalue weighted by molar-refractivity contribution is 5.74. The summed E-state index contributed by atoms with van der Waals surface area (Å²) in [6.07, 6.45) is 0. The molecule has 2 aromatic heterocycles. The van der Waals surface area contributed by atoms with Crippen LogP contribution in [0.25, 0.3) is 11.2 Å². The normalized spacial score (nSPS) is 11.0. The van der Waals surface area contributed by atoms with E-state index in [2.05, 4.69) is 15.3 Å². The van der Waals surface area contributed by atoms with E-state index in [1.54, 1.807) is 25.2 Å². The van der Waals surface area contributed by atoms with Gasteiger partial charge in [-0.15, -0.1) is 0 Å². The van der Waals surface area contributed by atoms with Gasteiger partial charge in [-0.05, 0) is 18.2 Å². The number of aromatic amines is 1. The van der Waals surface area contributed by atoms with Gasteiger partial charge < -0.3 is 16.0 Å². The fourth-order valence-electron chi connectivity index (χ4n) is 2.14. The summed E-state index contributed by atoms with van der Waals surface area (Å²) in [4.78, 5) is 31.0. The van der Waals surface area contributed by atoms with Crippen LogP contribution >= 0.6 is 0 Å². The second-order valence-electron chi connectivity index (χ2n) is 4.74. The van der Waals surface area contributed by atoms with Gasteiger partial charge >= 0.3 is 5.69 Å². The SMILES string of the molecule is Cn1c(=O)c2[nH]c(Nc3cccc(N)c3)nc2n(C)c1=O. The number of imidazole rings is 1. The van der Waals surface area contributed by atoms with Crippen molar-refractivity contribution in [3.63, 3.8) is 0 Å². The molecule has 0 bridgehead atoms. The molecule has 0 atom stereocenters. The standard InChI is InChI=1S/C13H14N6O2/c1-18-10-9(11(20)19(2)13(18)21)16-12(17-10)15-8-5-3-4-7(14)6-8/h3-6H,14H2,1-2H3,(H2,15,16,17). The summed E-state index contributed by atoms with van der Waals surface area (Å²) in [7, 11) is 2.99. The summed E-state index contributed by atoms with van der Waals surface area (Å²) < 4.78 is 2.35. The second-order valence-corrected chi connectivity index (χ2v) is 4.74. The van der Waals surface area contributed by atoms with Gasteiger partial charge in [0.1, 0.15) is 0 Å². The molecular weight excluding hydrogens is 272 g/mol. The molecule has 0 spiro atoms. The molecule has 0 unspecified atom stereocenters. The van der Waals surface area contributed by atoms with E-state index >= 15 is 0 Å². The van der Waals surface area contributed by atoms with Crippen LogP contribution in [-0.2, 0) is 14.1 Å². The maximum Gasteiger partial charge on any atom is 0.332 e. The number of anilines is 3. The molecule has 0 amide bonds. The molecule has 0 saturated heterocycles. The number of nitrogen functional groups attached to an aromatic ring is 1. The molecule has 21 heavy (non-hydrogen) atoms. The maximum absolute atomic E-state index is 12.1. The Kier molecular flexibility index (Phi) is 2.79. The van der Waals surface area contributed by atoms with E-state index in [0.29, 0.717) is 17.3 Å². The number of rotatable bonds is 2. The van der Waals surface area contributed by atoms with Gasteiger partial charge in [-0.3, -0.25) is 13.9 Å². The van der Waals surface area contributed by atoms with Gasteiger partial charge in [0.05, 0.1) is 0 Å². The maximum atomic E-state index is 12.1. The number of hydrogen-bond acceptors (Lipinski definition) is 5. The number of aromatic nitrogens is 4. The Bertz CT molecular complexity index is 949. The highest BCUT2D eigenvalue weighted by atomic mass is 16.2. The Morgan fingerprint density at radius 1 is 1.24 bits per heavy atom. The summed E-state index contributed by atoms with van der Waals surface area (Å²) in [5, 5.41) is 3.02. The van der Waals surface area contributed by atoms with Crippen LogP contribution in [0.15, 0.2) is 33.9 Å². The molecule has 8 nitrogen and oxygen atoms in total. The van der Waals surface area contributed by atoms with Gasteiger partial charge in [0, 0.05) is 25.5 Å². The lowest BCUT2D eigenvalue weighted by atomic mass is 10.3. The van der Waals surface area contributed by atoms with Crippen LogP contribution in [-0.4, -0.2) is 19.1 Å². The topological polar surface area (TPSA) is 111 Å². The van der Waals surface area contributed by atoms with Crippen LogP contribution in [0.4, 0.5) is 17.3 Å². The summed E-state index contributed by atoms with van der Waals surface area (Å²) >= 11 is 0. The summed E-state index contributed by atoms with van der Waals surface area (Å²) in [5.41, 5.74) is 6.78. The van der Waals surface area contributed by atoms with E-state index in [1.165, 1.54) is 11.6 Å². The van der Waals surface area contributed by atoms with E-state index in [4.69, 9.17) is 5.73 Å². The Labute approximate surface area is 118 Å². The van der Waals surface area contributed by atoms with Crippen LogP contribution in [0, 0.1) is 0 Å². The average molecular weight is 286 g/mol. The molecule has 0 aliphatic rings. The molecule has 0 aliphatic carbocycles. The lowest BCUT2D eigenvalue weighted by molar-refractivity contribution is 0.709. The number of nitrogens with one attached hydrogen (secondary N) is 2. The predicted molar refractivity (Wildman–Crippen MR) is 80.7 cm³/mol. The molecule has 2 heterocycles. The van der Waals surface area contributed by atoms with Crippen molar-refractivity contribution in [3.8, 4) is 0 Å². The number of nitrogens with zero attached hydrogens (tertiary/aromatic N) is 3. The lowest BCUT2D eigenvalue weighted by Crippen LogP contribution is -2.36. The third-order valence-corrected chi connectivity index (χ3v) is 3.24. The highest BCUT2D eigenvalue weighted by Gasteiger charge is 2.13. The molecule has 4 N–H and O–H groups in total. The zero-order chi connectivity index (χ0) is 15.1. The van der Waals surface area contributed by atoms with Crippen LogP contribution in [0.1, 0.15) is 0 Å². The van der Waals surface area contributed by atoms with Crippen LogP contribution in [0.3, 0.4) is 0 Å². The number of fused-ring (bicyclic) bond motifs is 1. The van der Waals surface area contributed by atoms with Crippen molar-refractivity contribution in [2.45, 2.75) is 0 Å². The first-order valence-corrected chi connectivity index (χ1v) is 6.25. The van der Waals surface area contributed by atoms with Crippen LogP contribution in [0.2, 0.25) is 0 Å². The molecule has 3 rings (SSSR count). The van der Waals surface area contributed by atoms with Gasteiger partial charge in [0.15, 0.2) is 11.2 Å². The van der Waals surface area contributed by atoms with E-state index in [0.717, 1.165) is 10.3 Å². The minimum absolute atomic E-state index is 0.269. The summed E-state index contributed by atoms with van der Waals surface area (Å²) in [6.45, 7) is 0. The first kappa shape index (κ1) is 13.0. The molecule has 108 valence electrons. The van der Waals surface area contributed by atoms with E-state index in [9.17, 15) is 9.59 Å². The minimum atomic E-state index is -0.422. The molecule has 3 aromatic rings. The zero-order valence-corrected chi connectivity index (χ0v) is 11.5. The van der Waals surface area contributed by atoms with Crippen molar-refractivity contribution < 1.29 is 0 Å². The molecule has 0 saturated carbocycles. The number of aryl methyl sites for hydroxylation is 1. The fourth-order valence-corrected chi connectivity index (χ4v) is 2.14. The second kappa shape index (κ2) is 4.51. The van der Waals surface area contributed by atoms with Gasteiger partial charge in [0.2, 0.25) is 5.95 Å². The molecule has 0 fully saturated rings. The summed E-state index contributed by atoms with van der Waals surface area (Å²) in [6, 6.07) is 7.13. The van der Waals surface area contributed by atoms with E-state index < -0.39 is 11.2 Å². The van der Waals surface area contributed by atoms with Crippen molar-refractivity contribution in [3.05, 3.63) is 45.1 Å². The quantitative estimate of drug-likeness (QED) is 0.586. The van der Waals surface area contributed by atoms with Crippen LogP contribution in [0.5, 0.6) is 0 Å².